The number of carbonyl (C=O) groups is 1. The number of ether oxygens (including phenoxy) is 1. The zero-order valence-electron chi connectivity index (χ0n) is 20.9. The van der Waals surface area contributed by atoms with Gasteiger partial charge in [0.15, 0.2) is 11.0 Å². The topological polar surface area (TPSA) is 78.9 Å². The Labute approximate surface area is 219 Å². The van der Waals surface area contributed by atoms with Gasteiger partial charge in [-0.15, -0.1) is 0 Å². The van der Waals surface area contributed by atoms with Crippen LogP contribution in [-0.2, 0) is 32.5 Å². The summed E-state index contributed by atoms with van der Waals surface area (Å²) in [5.74, 6) is -4.81. The Hall–Kier alpha value is -2.57. The molecular weight excluding hydrogens is 531 g/mol. The molecule has 2 aliphatic rings. The van der Waals surface area contributed by atoms with Crippen molar-refractivity contribution in [3.05, 3.63) is 59.2 Å². The van der Waals surface area contributed by atoms with E-state index in [1.54, 1.807) is 24.3 Å². The number of hydrogen-bond donors (Lipinski definition) is 2. The van der Waals surface area contributed by atoms with Crippen molar-refractivity contribution in [2.75, 3.05) is 17.5 Å². The van der Waals surface area contributed by atoms with E-state index in [9.17, 15) is 36.1 Å². The average Bonchev–Trinajstić information content (AvgIpc) is 3.34. The summed E-state index contributed by atoms with van der Waals surface area (Å²) in [6.07, 6.45) is -4.64. The number of rotatable bonds is 7. The minimum atomic E-state index is -5.65. The molecule has 3 unspecified atom stereocenters. The highest BCUT2D eigenvalue weighted by molar-refractivity contribution is 7.86. The summed E-state index contributed by atoms with van der Waals surface area (Å²) >= 11 is 0. The molecule has 2 N–H and O–H groups in total. The smallest absolute Gasteiger partial charge is 0.379 e. The number of nitrogens with zero attached hydrogens (tertiary/aromatic N) is 1. The molecule has 0 radical (unpaired) electrons. The summed E-state index contributed by atoms with van der Waals surface area (Å²) in [5, 5.41) is 13.1. The van der Waals surface area contributed by atoms with Crippen molar-refractivity contribution < 1.29 is 40.8 Å². The number of alkyl halides is 5. The lowest BCUT2D eigenvalue weighted by Crippen LogP contribution is -2.54. The summed E-state index contributed by atoms with van der Waals surface area (Å²) in [6, 6.07) is 8.95. The number of nitrogens with one attached hydrogen (secondary N) is 1. The Balaban J connectivity index is 1.72. The lowest BCUT2D eigenvalue weighted by atomic mass is 9.84. The van der Waals surface area contributed by atoms with Gasteiger partial charge in [-0.1, -0.05) is 29.8 Å². The molecule has 1 amide bonds. The molecule has 2 aromatic carbocycles. The van der Waals surface area contributed by atoms with Crippen molar-refractivity contribution in [2.24, 2.45) is 0 Å². The lowest BCUT2D eigenvalue weighted by molar-refractivity contribution is -0.335. The van der Waals surface area contributed by atoms with Gasteiger partial charge in [0.25, 0.3) is 5.92 Å². The second-order valence-electron chi connectivity index (χ2n) is 9.85. The van der Waals surface area contributed by atoms with Crippen molar-refractivity contribution in [3.8, 4) is 0 Å². The molecule has 1 fully saturated rings. The fraction of sp³-hybridized carbons (Fsp3) is 0.500. The van der Waals surface area contributed by atoms with E-state index in [2.05, 4.69) is 5.32 Å². The highest BCUT2D eigenvalue weighted by atomic mass is 32.2. The zero-order valence-corrected chi connectivity index (χ0v) is 21.7. The van der Waals surface area contributed by atoms with Gasteiger partial charge in [-0.05, 0) is 55.5 Å². The third-order valence-corrected chi connectivity index (χ3v) is 8.50. The van der Waals surface area contributed by atoms with E-state index in [0.717, 1.165) is 23.8 Å². The van der Waals surface area contributed by atoms with Crippen molar-refractivity contribution in [2.45, 2.75) is 74.2 Å². The maximum Gasteiger partial charge on any atom is 0.427 e. The van der Waals surface area contributed by atoms with E-state index in [1.165, 1.54) is 4.31 Å². The van der Waals surface area contributed by atoms with Gasteiger partial charge in [0.05, 0.1) is 29.3 Å². The van der Waals surface area contributed by atoms with Gasteiger partial charge in [0.2, 0.25) is 11.5 Å². The molecule has 4 rings (SSSR count). The van der Waals surface area contributed by atoms with Gasteiger partial charge < -0.3 is 15.2 Å². The van der Waals surface area contributed by atoms with E-state index in [1.807, 2.05) is 6.92 Å². The summed E-state index contributed by atoms with van der Waals surface area (Å²) in [7, 11) is -1.86. The van der Waals surface area contributed by atoms with Crippen LogP contribution < -0.4 is 9.62 Å². The molecule has 0 bridgehead atoms. The minimum Gasteiger partial charge on any atom is -0.379 e. The first-order valence-corrected chi connectivity index (χ1v) is 13.3. The molecule has 0 spiro atoms. The molecule has 2 aliphatic heterocycles. The molecular formula is C26H29F5N2O4S. The Bertz CT molecular complexity index is 1180. The molecule has 6 nitrogen and oxygen atoms in total. The van der Waals surface area contributed by atoms with Gasteiger partial charge >= 0.3 is 6.18 Å². The van der Waals surface area contributed by atoms with E-state index >= 15 is 0 Å². The summed E-state index contributed by atoms with van der Waals surface area (Å²) < 4.78 is 89.9. The van der Waals surface area contributed by atoms with Crippen LogP contribution in [0.15, 0.2) is 47.4 Å². The molecule has 0 aliphatic carbocycles. The maximum atomic E-state index is 14.1. The van der Waals surface area contributed by atoms with Crippen LogP contribution in [0.25, 0.3) is 0 Å². The zero-order chi connectivity index (χ0) is 27.9. The Morgan fingerprint density at radius 3 is 2.39 bits per heavy atom. The Kier molecular flexibility index (Phi) is 7.89. The van der Waals surface area contributed by atoms with Gasteiger partial charge in [-0.25, -0.2) is 13.0 Å². The fourth-order valence-electron chi connectivity index (χ4n) is 4.85. The number of hydrogen-bond acceptors (Lipinski definition) is 4. The second kappa shape index (κ2) is 10.5. The first kappa shape index (κ1) is 28.4. The number of amides is 1. The number of benzene rings is 2. The van der Waals surface area contributed by atoms with Gasteiger partial charge in [-0.2, -0.15) is 13.2 Å². The van der Waals surface area contributed by atoms with Crippen LogP contribution >= 0.6 is 0 Å². The first-order chi connectivity index (χ1) is 17.7. The van der Waals surface area contributed by atoms with Crippen molar-refractivity contribution in [3.63, 3.8) is 0 Å². The summed E-state index contributed by atoms with van der Waals surface area (Å²) in [5.41, 5.74) is -4.01. The normalized spacial score (nSPS) is 22.5. The minimum absolute atomic E-state index is 0.0166. The maximum absolute atomic E-state index is 14.1. The van der Waals surface area contributed by atoms with E-state index < -0.39 is 40.3 Å². The second-order valence-corrected chi connectivity index (χ2v) is 11.2. The van der Waals surface area contributed by atoms with E-state index in [-0.39, 0.29) is 49.4 Å². The quantitative estimate of drug-likeness (QED) is 0.488. The van der Waals surface area contributed by atoms with Gasteiger partial charge in [-0.3, -0.25) is 9.10 Å². The molecule has 38 heavy (non-hydrogen) atoms. The Morgan fingerprint density at radius 1 is 1.13 bits per heavy atom. The SMILES string of the molecule is Cc1ccc(S(=O)N2c3ccc(C(O)(C(C)(F)F)C(F)(F)F)cc3CC[C@H]2CC(=O)NC2CCOC2)cc1. The molecule has 0 saturated carbocycles. The number of anilines is 1. The number of aliphatic hydroxyl groups is 1. The predicted molar refractivity (Wildman–Crippen MR) is 131 cm³/mol. The van der Waals surface area contributed by atoms with Gasteiger partial charge in [0.1, 0.15) is 0 Å². The van der Waals surface area contributed by atoms with Gasteiger partial charge in [0, 0.05) is 20.0 Å². The molecule has 0 aromatic heterocycles. The van der Waals surface area contributed by atoms with Crippen LogP contribution in [0.2, 0.25) is 0 Å². The van der Waals surface area contributed by atoms with Crippen LogP contribution in [0, 0.1) is 6.92 Å². The van der Waals surface area contributed by atoms with Crippen molar-refractivity contribution in [1.29, 1.82) is 0 Å². The predicted octanol–water partition coefficient (Wildman–Crippen LogP) is 4.54. The third kappa shape index (κ3) is 5.43. The van der Waals surface area contributed by atoms with Crippen LogP contribution in [0.5, 0.6) is 0 Å². The highest BCUT2D eigenvalue weighted by Crippen LogP contribution is 2.50. The Morgan fingerprint density at radius 2 is 1.82 bits per heavy atom. The molecule has 1 saturated heterocycles. The van der Waals surface area contributed by atoms with Crippen LogP contribution in [-0.4, -0.2) is 52.6 Å². The molecule has 4 atom stereocenters. The van der Waals surface area contributed by atoms with Crippen LogP contribution in [0.4, 0.5) is 27.6 Å². The summed E-state index contributed by atoms with van der Waals surface area (Å²) in [6.45, 7) is 2.80. The summed E-state index contributed by atoms with van der Waals surface area (Å²) in [4.78, 5) is 13.2. The number of carbonyl (C=O) groups excluding carboxylic acids is 1. The van der Waals surface area contributed by atoms with Crippen molar-refractivity contribution in [1.82, 2.24) is 5.32 Å². The standard InChI is InChI=1S/C26H29F5N2O4S/c1-16-3-8-21(9-4-16)38(36)33-20(14-23(34)32-19-11-12-37-15-19)7-5-17-13-18(6-10-22(17)33)25(35,24(2,27)28)26(29,30)31/h3-4,6,8-10,13,19-20,35H,5,7,11-12,14-15H2,1-2H3,(H,32,34)/t19?,20-,25?,38?/m0/s1. The van der Waals surface area contributed by atoms with E-state index in [4.69, 9.17) is 4.74 Å². The third-order valence-electron chi connectivity index (χ3n) is 6.98. The molecule has 2 aromatic rings. The number of aryl methyl sites for hydroxylation is 2. The molecule has 208 valence electrons. The first-order valence-electron chi connectivity index (χ1n) is 12.2. The number of fused-ring (bicyclic) bond motifs is 1. The molecule has 2 heterocycles. The van der Waals surface area contributed by atoms with Crippen molar-refractivity contribution >= 4 is 22.6 Å². The molecule has 12 heteroatoms. The fourth-order valence-corrected chi connectivity index (χ4v) is 6.26. The highest BCUT2D eigenvalue weighted by Gasteiger charge is 2.67. The monoisotopic (exact) mass is 560 g/mol. The largest absolute Gasteiger partial charge is 0.427 e. The lowest BCUT2D eigenvalue weighted by Gasteiger charge is -2.39. The van der Waals surface area contributed by atoms with E-state index in [0.29, 0.717) is 24.5 Å². The van der Waals surface area contributed by atoms with Crippen LogP contribution in [0.3, 0.4) is 0 Å². The van der Waals surface area contributed by atoms with Crippen LogP contribution in [0.1, 0.15) is 42.9 Å². The average molecular weight is 561 g/mol. The number of halogens is 5.